The van der Waals surface area contributed by atoms with Crippen LogP contribution in [0.25, 0.3) is 5.69 Å². The SMILES string of the molecule is CCOc1ccc(-n2ccc(=O)c(C(=O)Nc3cc(Cl)ccc3OC)n2)cc1. The number of carbonyl (C=O) groups is 1. The van der Waals surface area contributed by atoms with Gasteiger partial charge in [-0.25, -0.2) is 4.68 Å². The summed E-state index contributed by atoms with van der Waals surface area (Å²) in [5, 5.41) is 7.21. The molecule has 144 valence electrons. The number of aromatic nitrogens is 2. The number of anilines is 1. The Balaban J connectivity index is 1.90. The maximum Gasteiger partial charge on any atom is 0.280 e. The molecule has 0 saturated heterocycles. The maximum atomic E-state index is 12.6. The van der Waals surface area contributed by atoms with E-state index in [1.807, 2.05) is 6.92 Å². The number of hydrogen-bond acceptors (Lipinski definition) is 5. The van der Waals surface area contributed by atoms with Gasteiger partial charge in [-0.1, -0.05) is 11.6 Å². The predicted molar refractivity (Wildman–Crippen MR) is 107 cm³/mol. The second-order valence-corrected chi connectivity index (χ2v) is 6.14. The number of hydrogen-bond donors (Lipinski definition) is 1. The van der Waals surface area contributed by atoms with Crippen LogP contribution >= 0.6 is 11.6 Å². The van der Waals surface area contributed by atoms with Gasteiger partial charge in [-0.05, 0) is 49.4 Å². The van der Waals surface area contributed by atoms with Crippen molar-refractivity contribution < 1.29 is 14.3 Å². The van der Waals surface area contributed by atoms with Gasteiger partial charge in [-0.3, -0.25) is 9.59 Å². The molecule has 0 bridgehead atoms. The minimum absolute atomic E-state index is 0.251. The van der Waals surface area contributed by atoms with E-state index in [1.54, 1.807) is 36.4 Å². The molecule has 2 aromatic carbocycles. The highest BCUT2D eigenvalue weighted by Crippen LogP contribution is 2.27. The van der Waals surface area contributed by atoms with Crippen molar-refractivity contribution in [1.29, 1.82) is 0 Å². The Morgan fingerprint density at radius 2 is 1.93 bits per heavy atom. The molecular formula is C20H18ClN3O4. The number of benzene rings is 2. The second kappa shape index (κ2) is 8.58. The first-order chi connectivity index (χ1) is 13.5. The van der Waals surface area contributed by atoms with Gasteiger partial charge in [0.25, 0.3) is 5.91 Å². The molecule has 0 atom stereocenters. The number of carbonyl (C=O) groups excluding carboxylic acids is 1. The lowest BCUT2D eigenvalue weighted by Gasteiger charge is -2.11. The fourth-order valence-corrected chi connectivity index (χ4v) is 2.70. The van der Waals surface area contributed by atoms with Gasteiger partial charge in [0.15, 0.2) is 5.69 Å². The summed E-state index contributed by atoms with van der Waals surface area (Å²) in [5.41, 5.74) is 0.273. The van der Waals surface area contributed by atoms with Crippen molar-refractivity contribution in [2.75, 3.05) is 19.0 Å². The Hall–Kier alpha value is -3.32. The zero-order valence-electron chi connectivity index (χ0n) is 15.3. The zero-order valence-corrected chi connectivity index (χ0v) is 16.1. The van der Waals surface area contributed by atoms with E-state index < -0.39 is 11.3 Å². The van der Waals surface area contributed by atoms with Crippen molar-refractivity contribution >= 4 is 23.2 Å². The molecule has 0 spiro atoms. The molecule has 3 rings (SSSR count). The third-order valence-corrected chi connectivity index (χ3v) is 4.08. The van der Waals surface area contributed by atoms with Crippen LogP contribution in [0, 0.1) is 0 Å². The van der Waals surface area contributed by atoms with Gasteiger partial charge < -0.3 is 14.8 Å². The maximum absolute atomic E-state index is 12.6. The number of methoxy groups -OCH3 is 1. The van der Waals surface area contributed by atoms with E-state index in [4.69, 9.17) is 21.1 Å². The van der Waals surface area contributed by atoms with Crippen LogP contribution < -0.4 is 20.2 Å². The van der Waals surface area contributed by atoms with Crippen molar-refractivity contribution in [2.45, 2.75) is 6.92 Å². The molecule has 0 aliphatic rings. The molecule has 1 heterocycles. The van der Waals surface area contributed by atoms with Crippen LogP contribution in [0.3, 0.4) is 0 Å². The summed E-state index contributed by atoms with van der Waals surface area (Å²) in [4.78, 5) is 24.8. The summed E-state index contributed by atoms with van der Waals surface area (Å²) in [6, 6.07) is 13.2. The summed E-state index contributed by atoms with van der Waals surface area (Å²) >= 11 is 5.98. The Labute approximate surface area is 166 Å². The lowest BCUT2D eigenvalue weighted by atomic mass is 10.2. The Bertz CT molecular complexity index is 1050. The molecule has 1 N–H and O–H groups in total. The molecular weight excluding hydrogens is 382 g/mol. The largest absolute Gasteiger partial charge is 0.495 e. The number of halogens is 1. The van der Waals surface area contributed by atoms with Gasteiger partial charge in [0.05, 0.1) is 25.1 Å². The highest BCUT2D eigenvalue weighted by Gasteiger charge is 2.16. The van der Waals surface area contributed by atoms with E-state index >= 15 is 0 Å². The van der Waals surface area contributed by atoms with Crippen LogP contribution in [0.4, 0.5) is 5.69 Å². The van der Waals surface area contributed by atoms with Crippen molar-refractivity contribution in [3.63, 3.8) is 0 Å². The lowest BCUT2D eigenvalue weighted by molar-refractivity contribution is 0.101. The lowest BCUT2D eigenvalue weighted by Crippen LogP contribution is -2.25. The summed E-state index contributed by atoms with van der Waals surface area (Å²) < 4.78 is 12.1. The summed E-state index contributed by atoms with van der Waals surface area (Å²) in [5.74, 6) is 0.477. The third kappa shape index (κ3) is 4.32. The minimum Gasteiger partial charge on any atom is -0.495 e. The fraction of sp³-hybridized carbons (Fsp3) is 0.150. The molecule has 1 aromatic heterocycles. The van der Waals surface area contributed by atoms with Crippen LogP contribution in [0.2, 0.25) is 5.02 Å². The van der Waals surface area contributed by atoms with Crippen molar-refractivity contribution in [2.24, 2.45) is 0 Å². The third-order valence-electron chi connectivity index (χ3n) is 3.85. The number of nitrogens with zero attached hydrogens (tertiary/aromatic N) is 2. The van der Waals surface area contributed by atoms with Gasteiger partial charge in [0.2, 0.25) is 5.43 Å². The van der Waals surface area contributed by atoms with E-state index in [1.165, 1.54) is 30.1 Å². The molecule has 3 aromatic rings. The number of nitrogens with one attached hydrogen (secondary N) is 1. The van der Waals surface area contributed by atoms with Crippen LogP contribution in [-0.4, -0.2) is 29.4 Å². The molecule has 8 heteroatoms. The van der Waals surface area contributed by atoms with Gasteiger partial charge in [-0.2, -0.15) is 5.10 Å². The fourth-order valence-electron chi connectivity index (χ4n) is 2.53. The molecule has 0 aliphatic carbocycles. The summed E-state index contributed by atoms with van der Waals surface area (Å²) in [6.45, 7) is 2.46. The first-order valence-corrected chi connectivity index (χ1v) is 8.87. The van der Waals surface area contributed by atoms with Crippen LogP contribution in [-0.2, 0) is 0 Å². The molecule has 1 amide bonds. The van der Waals surface area contributed by atoms with Crippen molar-refractivity contribution in [3.8, 4) is 17.2 Å². The molecule has 0 aliphatic heterocycles. The monoisotopic (exact) mass is 399 g/mol. The first-order valence-electron chi connectivity index (χ1n) is 8.50. The number of rotatable bonds is 6. The van der Waals surface area contributed by atoms with E-state index in [0.717, 1.165) is 5.75 Å². The Morgan fingerprint density at radius 1 is 1.18 bits per heavy atom. The molecule has 0 unspecified atom stereocenters. The van der Waals surface area contributed by atoms with E-state index in [9.17, 15) is 9.59 Å². The number of ether oxygens (including phenoxy) is 2. The molecule has 28 heavy (non-hydrogen) atoms. The average Bonchev–Trinajstić information content (AvgIpc) is 2.69. The highest BCUT2D eigenvalue weighted by atomic mass is 35.5. The molecule has 7 nitrogen and oxygen atoms in total. The smallest absolute Gasteiger partial charge is 0.280 e. The predicted octanol–water partition coefficient (Wildman–Crippen LogP) is 3.55. The zero-order chi connectivity index (χ0) is 20.1. The number of amides is 1. The Morgan fingerprint density at radius 3 is 2.61 bits per heavy atom. The van der Waals surface area contributed by atoms with Gasteiger partial charge in [-0.15, -0.1) is 0 Å². The van der Waals surface area contributed by atoms with Gasteiger partial charge >= 0.3 is 0 Å². The van der Waals surface area contributed by atoms with Gasteiger partial charge in [0, 0.05) is 17.3 Å². The second-order valence-electron chi connectivity index (χ2n) is 5.70. The normalized spacial score (nSPS) is 10.4. The van der Waals surface area contributed by atoms with Crippen molar-refractivity contribution in [1.82, 2.24) is 9.78 Å². The first kappa shape index (κ1) is 19.4. The van der Waals surface area contributed by atoms with Crippen LogP contribution in [0.15, 0.2) is 59.5 Å². The van der Waals surface area contributed by atoms with Crippen molar-refractivity contribution in [3.05, 3.63) is 75.7 Å². The summed E-state index contributed by atoms with van der Waals surface area (Å²) in [6.07, 6.45) is 1.49. The molecule has 0 radical (unpaired) electrons. The summed E-state index contributed by atoms with van der Waals surface area (Å²) in [7, 11) is 1.47. The quantitative estimate of drug-likeness (QED) is 0.685. The van der Waals surface area contributed by atoms with E-state index in [2.05, 4.69) is 10.4 Å². The standard InChI is InChI=1S/C20H18ClN3O4/c1-3-28-15-7-5-14(6-8-15)24-11-10-17(25)19(23-24)20(26)22-16-12-13(21)4-9-18(16)27-2/h4-12H,3H2,1-2H3,(H,22,26). The van der Waals surface area contributed by atoms with Gasteiger partial charge in [0.1, 0.15) is 11.5 Å². The Kier molecular flexibility index (Phi) is 5.96. The highest BCUT2D eigenvalue weighted by molar-refractivity contribution is 6.31. The van der Waals surface area contributed by atoms with Crippen LogP contribution in [0.1, 0.15) is 17.4 Å². The van der Waals surface area contributed by atoms with E-state index in [-0.39, 0.29) is 5.69 Å². The van der Waals surface area contributed by atoms with E-state index in [0.29, 0.717) is 28.8 Å². The molecule has 0 fully saturated rings. The average molecular weight is 400 g/mol. The topological polar surface area (TPSA) is 82.5 Å². The molecule has 0 saturated carbocycles. The minimum atomic E-state index is -0.661. The van der Waals surface area contributed by atoms with Crippen LogP contribution in [0.5, 0.6) is 11.5 Å².